The third kappa shape index (κ3) is 2.08. The fourth-order valence-electron chi connectivity index (χ4n) is 1.18. The second-order valence-corrected chi connectivity index (χ2v) is 3.50. The van der Waals surface area contributed by atoms with E-state index in [1.165, 1.54) is 5.69 Å². The van der Waals surface area contributed by atoms with E-state index in [4.69, 9.17) is 5.73 Å². The van der Waals surface area contributed by atoms with Gasteiger partial charge in [-0.2, -0.15) is 5.10 Å². The van der Waals surface area contributed by atoms with E-state index in [0.717, 1.165) is 30.4 Å². The van der Waals surface area contributed by atoms with E-state index >= 15 is 0 Å². The highest BCUT2D eigenvalue weighted by Gasteiger charge is 2.05. The second kappa shape index (κ2) is 4.62. The van der Waals surface area contributed by atoms with Crippen LogP contribution in [0.3, 0.4) is 0 Å². The van der Waals surface area contributed by atoms with Gasteiger partial charge in [-0.1, -0.05) is 0 Å². The lowest BCUT2D eigenvalue weighted by Crippen LogP contribution is -2.06. The average molecular weight is 232 g/mol. The van der Waals surface area contributed by atoms with Gasteiger partial charge < -0.3 is 5.73 Å². The SMILES string of the molecule is CCn1ncc(Br)c1CCCN. The molecule has 0 aliphatic carbocycles. The maximum atomic E-state index is 5.44. The lowest BCUT2D eigenvalue weighted by molar-refractivity contribution is 0.610. The Morgan fingerprint density at radius 1 is 1.67 bits per heavy atom. The van der Waals surface area contributed by atoms with E-state index in [1.807, 2.05) is 10.9 Å². The smallest absolute Gasteiger partial charge is 0.0635 e. The van der Waals surface area contributed by atoms with Crippen molar-refractivity contribution in [1.29, 1.82) is 0 Å². The summed E-state index contributed by atoms with van der Waals surface area (Å²) in [7, 11) is 0. The van der Waals surface area contributed by atoms with E-state index in [1.54, 1.807) is 0 Å². The Morgan fingerprint density at radius 3 is 3.00 bits per heavy atom. The summed E-state index contributed by atoms with van der Waals surface area (Å²) in [5, 5.41) is 4.22. The van der Waals surface area contributed by atoms with Crippen LogP contribution in [0, 0.1) is 0 Å². The molecule has 0 radical (unpaired) electrons. The Hall–Kier alpha value is -0.350. The molecule has 0 amide bonds. The van der Waals surface area contributed by atoms with E-state index in [2.05, 4.69) is 28.0 Å². The first-order valence-corrected chi connectivity index (χ1v) is 4.99. The van der Waals surface area contributed by atoms with Crippen LogP contribution in [0.5, 0.6) is 0 Å². The largest absolute Gasteiger partial charge is 0.330 e. The number of hydrogen-bond acceptors (Lipinski definition) is 2. The van der Waals surface area contributed by atoms with Crippen molar-refractivity contribution < 1.29 is 0 Å². The van der Waals surface area contributed by atoms with Gasteiger partial charge in [-0.3, -0.25) is 4.68 Å². The third-order valence-electron chi connectivity index (χ3n) is 1.81. The van der Waals surface area contributed by atoms with Crippen LogP contribution in [-0.4, -0.2) is 16.3 Å². The van der Waals surface area contributed by atoms with Gasteiger partial charge in [0.1, 0.15) is 0 Å². The molecule has 4 heteroatoms. The summed E-state index contributed by atoms with van der Waals surface area (Å²) in [4.78, 5) is 0. The normalized spacial score (nSPS) is 10.6. The number of aryl methyl sites for hydroxylation is 1. The van der Waals surface area contributed by atoms with Gasteiger partial charge in [0.25, 0.3) is 0 Å². The molecule has 0 fully saturated rings. The van der Waals surface area contributed by atoms with Crippen molar-refractivity contribution in [3.63, 3.8) is 0 Å². The molecule has 0 aliphatic rings. The highest BCUT2D eigenvalue weighted by Crippen LogP contribution is 2.17. The molecule has 68 valence electrons. The molecule has 1 rings (SSSR count). The first-order chi connectivity index (χ1) is 5.79. The van der Waals surface area contributed by atoms with Crippen LogP contribution in [0.1, 0.15) is 19.0 Å². The lowest BCUT2D eigenvalue weighted by Gasteiger charge is -2.03. The lowest BCUT2D eigenvalue weighted by atomic mass is 10.2. The van der Waals surface area contributed by atoms with Gasteiger partial charge in [-0.05, 0) is 42.2 Å². The van der Waals surface area contributed by atoms with Crippen LogP contribution < -0.4 is 5.73 Å². The summed E-state index contributed by atoms with van der Waals surface area (Å²) in [6.45, 7) is 3.75. The zero-order valence-electron chi connectivity index (χ0n) is 7.26. The number of hydrogen-bond donors (Lipinski definition) is 1. The topological polar surface area (TPSA) is 43.8 Å². The van der Waals surface area contributed by atoms with Crippen molar-refractivity contribution in [3.8, 4) is 0 Å². The van der Waals surface area contributed by atoms with Gasteiger partial charge in [0.05, 0.1) is 16.4 Å². The summed E-state index contributed by atoms with van der Waals surface area (Å²) in [6.07, 6.45) is 3.87. The van der Waals surface area contributed by atoms with E-state index in [0.29, 0.717) is 0 Å². The molecule has 0 spiro atoms. The summed E-state index contributed by atoms with van der Waals surface area (Å²) >= 11 is 3.46. The van der Waals surface area contributed by atoms with Gasteiger partial charge in [0.2, 0.25) is 0 Å². The minimum Gasteiger partial charge on any atom is -0.330 e. The van der Waals surface area contributed by atoms with Crippen LogP contribution in [0.15, 0.2) is 10.7 Å². The standard InChI is InChI=1S/C8H14BrN3/c1-2-12-8(4-3-5-10)7(9)6-11-12/h6H,2-5,10H2,1H3. The van der Waals surface area contributed by atoms with E-state index in [-0.39, 0.29) is 0 Å². The van der Waals surface area contributed by atoms with Gasteiger partial charge in [-0.25, -0.2) is 0 Å². The van der Waals surface area contributed by atoms with E-state index < -0.39 is 0 Å². The third-order valence-corrected chi connectivity index (χ3v) is 2.48. The number of nitrogens with two attached hydrogens (primary N) is 1. The minimum absolute atomic E-state index is 0.737. The number of halogens is 1. The number of nitrogens with zero attached hydrogens (tertiary/aromatic N) is 2. The van der Waals surface area contributed by atoms with E-state index in [9.17, 15) is 0 Å². The monoisotopic (exact) mass is 231 g/mol. The molecule has 1 aromatic rings. The Bertz CT molecular complexity index is 244. The molecule has 2 N–H and O–H groups in total. The minimum atomic E-state index is 0.737. The molecule has 3 nitrogen and oxygen atoms in total. The van der Waals surface area contributed by atoms with Crippen molar-refractivity contribution >= 4 is 15.9 Å². The zero-order chi connectivity index (χ0) is 8.97. The Balaban J connectivity index is 2.72. The van der Waals surface area contributed by atoms with Crippen LogP contribution in [-0.2, 0) is 13.0 Å². The fraction of sp³-hybridized carbons (Fsp3) is 0.625. The van der Waals surface area contributed by atoms with Gasteiger partial charge >= 0.3 is 0 Å². The highest BCUT2D eigenvalue weighted by molar-refractivity contribution is 9.10. The second-order valence-electron chi connectivity index (χ2n) is 2.65. The molecule has 1 aromatic heterocycles. The van der Waals surface area contributed by atoms with Crippen LogP contribution in [0.2, 0.25) is 0 Å². The summed E-state index contributed by atoms with van der Waals surface area (Å²) in [5.74, 6) is 0. The van der Waals surface area contributed by atoms with Crippen molar-refractivity contribution in [2.45, 2.75) is 26.3 Å². The van der Waals surface area contributed by atoms with Crippen molar-refractivity contribution in [2.24, 2.45) is 5.73 Å². The fourth-order valence-corrected chi connectivity index (χ4v) is 1.67. The molecule has 0 atom stereocenters. The zero-order valence-corrected chi connectivity index (χ0v) is 8.84. The van der Waals surface area contributed by atoms with Gasteiger partial charge in [0.15, 0.2) is 0 Å². The average Bonchev–Trinajstić information content (AvgIpc) is 2.43. The molecule has 0 saturated heterocycles. The molecule has 0 aromatic carbocycles. The molecule has 1 heterocycles. The van der Waals surface area contributed by atoms with Gasteiger partial charge in [-0.15, -0.1) is 0 Å². The summed E-state index contributed by atoms with van der Waals surface area (Å²) in [5.41, 5.74) is 6.69. The predicted octanol–water partition coefficient (Wildman–Crippen LogP) is 1.56. The summed E-state index contributed by atoms with van der Waals surface area (Å²) in [6, 6.07) is 0. The molecule has 0 saturated carbocycles. The van der Waals surface area contributed by atoms with Crippen molar-refractivity contribution in [1.82, 2.24) is 9.78 Å². The van der Waals surface area contributed by atoms with Crippen LogP contribution in [0.4, 0.5) is 0 Å². The first-order valence-electron chi connectivity index (χ1n) is 4.19. The Morgan fingerprint density at radius 2 is 2.42 bits per heavy atom. The maximum absolute atomic E-state index is 5.44. The first kappa shape index (κ1) is 9.74. The Kier molecular flexibility index (Phi) is 3.75. The van der Waals surface area contributed by atoms with Crippen LogP contribution >= 0.6 is 15.9 Å². The number of aromatic nitrogens is 2. The highest BCUT2D eigenvalue weighted by atomic mass is 79.9. The number of rotatable bonds is 4. The van der Waals surface area contributed by atoms with Gasteiger partial charge in [0, 0.05) is 6.54 Å². The molecule has 0 bridgehead atoms. The molecule has 12 heavy (non-hydrogen) atoms. The molecule has 0 unspecified atom stereocenters. The van der Waals surface area contributed by atoms with Crippen LogP contribution in [0.25, 0.3) is 0 Å². The molecular formula is C8H14BrN3. The van der Waals surface area contributed by atoms with Crippen molar-refractivity contribution in [2.75, 3.05) is 6.54 Å². The maximum Gasteiger partial charge on any atom is 0.0635 e. The quantitative estimate of drug-likeness (QED) is 0.855. The van der Waals surface area contributed by atoms with Crippen molar-refractivity contribution in [3.05, 3.63) is 16.4 Å². The predicted molar refractivity (Wildman–Crippen MR) is 53.0 cm³/mol. The Labute approximate surface area is 81.1 Å². The summed E-state index contributed by atoms with van der Waals surface area (Å²) < 4.78 is 3.09. The molecule has 0 aliphatic heterocycles. The molecular weight excluding hydrogens is 218 g/mol.